The molecule has 0 spiro atoms. The molecular weight excluding hydrogens is 478 g/mol. The fraction of sp³-hybridized carbons (Fsp3) is 0.333. The van der Waals surface area contributed by atoms with Crippen LogP contribution in [0.3, 0.4) is 0 Å². The molecule has 1 unspecified atom stereocenters. The highest BCUT2D eigenvalue weighted by atomic mass is 32.2. The van der Waals surface area contributed by atoms with E-state index in [0.717, 1.165) is 16.7 Å². The second-order valence-corrected chi connectivity index (χ2v) is 11.0. The van der Waals surface area contributed by atoms with Gasteiger partial charge in [-0.3, -0.25) is 4.79 Å². The van der Waals surface area contributed by atoms with Crippen molar-refractivity contribution in [1.82, 2.24) is 9.46 Å². The summed E-state index contributed by atoms with van der Waals surface area (Å²) in [5, 5.41) is 6.81. The number of hydrogen-bond donors (Lipinski definition) is 1. The van der Waals surface area contributed by atoms with Gasteiger partial charge in [0, 0.05) is 24.8 Å². The number of aromatic nitrogens is 1. The van der Waals surface area contributed by atoms with Crippen LogP contribution in [-0.2, 0) is 14.8 Å². The SMILES string of the molecule is COc1cccc(NC(=O)C2CCCN(S(=O)(=O)c3c(C)noc3/C=C/c3cc(C)ccc3C)C2)c1. The predicted molar refractivity (Wildman–Crippen MR) is 139 cm³/mol. The lowest BCUT2D eigenvalue weighted by molar-refractivity contribution is -0.120. The summed E-state index contributed by atoms with van der Waals surface area (Å²) >= 11 is 0. The second-order valence-electron chi connectivity index (χ2n) is 9.08. The van der Waals surface area contributed by atoms with Crippen LogP contribution >= 0.6 is 0 Å². The third-order valence-electron chi connectivity index (χ3n) is 6.37. The van der Waals surface area contributed by atoms with Crippen LogP contribution in [-0.4, -0.2) is 44.0 Å². The van der Waals surface area contributed by atoms with E-state index in [1.54, 1.807) is 44.4 Å². The number of carbonyl (C=O) groups excluding carboxylic acids is 1. The molecule has 1 aliphatic rings. The molecule has 9 heteroatoms. The van der Waals surface area contributed by atoms with Gasteiger partial charge in [-0.25, -0.2) is 8.42 Å². The number of rotatable bonds is 7. The highest BCUT2D eigenvalue weighted by Gasteiger charge is 2.37. The first-order valence-corrected chi connectivity index (χ1v) is 13.3. The van der Waals surface area contributed by atoms with Crippen molar-refractivity contribution >= 4 is 33.8 Å². The molecule has 2 heterocycles. The van der Waals surface area contributed by atoms with E-state index in [4.69, 9.17) is 9.26 Å². The van der Waals surface area contributed by atoms with E-state index in [9.17, 15) is 13.2 Å². The van der Waals surface area contributed by atoms with Gasteiger partial charge in [0.25, 0.3) is 0 Å². The molecule has 0 bridgehead atoms. The van der Waals surface area contributed by atoms with Crippen LogP contribution in [0.25, 0.3) is 12.2 Å². The smallest absolute Gasteiger partial charge is 0.248 e. The number of methoxy groups -OCH3 is 1. The molecule has 1 amide bonds. The molecule has 8 nitrogen and oxygen atoms in total. The summed E-state index contributed by atoms with van der Waals surface area (Å²) in [6, 6.07) is 13.1. The van der Waals surface area contributed by atoms with Crippen LogP contribution in [0.1, 0.15) is 41.0 Å². The number of carbonyl (C=O) groups is 1. The number of nitrogens with zero attached hydrogens (tertiary/aromatic N) is 2. The lowest BCUT2D eigenvalue weighted by Crippen LogP contribution is -2.43. The lowest BCUT2D eigenvalue weighted by atomic mass is 9.98. The largest absolute Gasteiger partial charge is 0.497 e. The molecule has 1 aromatic heterocycles. The van der Waals surface area contributed by atoms with Crippen molar-refractivity contribution in [2.45, 2.75) is 38.5 Å². The predicted octanol–water partition coefficient (Wildman–Crippen LogP) is 4.82. The average molecular weight is 510 g/mol. The van der Waals surface area contributed by atoms with E-state index in [1.807, 2.05) is 38.1 Å². The van der Waals surface area contributed by atoms with Crippen molar-refractivity contribution in [3.63, 3.8) is 0 Å². The van der Waals surface area contributed by atoms with Crippen LogP contribution in [0.15, 0.2) is 51.9 Å². The van der Waals surface area contributed by atoms with Gasteiger partial charge < -0.3 is 14.6 Å². The molecule has 0 saturated carbocycles. The maximum absolute atomic E-state index is 13.7. The lowest BCUT2D eigenvalue weighted by Gasteiger charge is -2.31. The molecule has 4 rings (SSSR count). The Kier molecular flexibility index (Phi) is 7.61. The molecule has 3 aromatic rings. The number of hydrogen-bond acceptors (Lipinski definition) is 6. The standard InChI is InChI=1S/C27H31N3O5S/c1-18-10-11-19(2)21(15-18)12-13-25-26(20(3)29-35-25)36(32,33)30-14-6-7-22(17-30)27(31)28-23-8-5-9-24(16-23)34-4/h5,8-13,15-16,22H,6-7,14,17H2,1-4H3,(H,28,31)/b13-12+. The zero-order valence-corrected chi connectivity index (χ0v) is 21.8. The summed E-state index contributed by atoms with van der Waals surface area (Å²) in [6.07, 6.45) is 4.66. The summed E-state index contributed by atoms with van der Waals surface area (Å²) < 4.78 is 39.3. The zero-order valence-electron chi connectivity index (χ0n) is 20.9. The first-order chi connectivity index (χ1) is 17.2. The Morgan fingerprint density at radius 2 is 1.97 bits per heavy atom. The van der Waals surface area contributed by atoms with Crippen LogP contribution in [0.2, 0.25) is 0 Å². The normalized spacial score (nSPS) is 16.8. The van der Waals surface area contributed by atoms with Gasteiger partial charge in [0.05, 0.1) is 13.0 Å². The molecule has 1 N–H and O–H groups in total. The van der Waals surface area contributed by atoms with Gasteiger partial charge in [0.15, 0.2) is 10.7 Å². The van der Waals surface area contributed by atoms with Gasteiger partial charge in [0.1, 0.15) is 11.4 Å². The zero-order chi connectivity index (χ0) is 25.9. The average Bonchev–Trinajstić information content (AvgIpc) is 3.25. The molecule has 1 atom stereocenters. The molecule has 36 heavy (non-hydrogen) atoms. The van der Waals surface area contributed by atoms with E-state index in [-0.39, 0.29) is 23.1 Å². The number of ether oxygens (including phenoxy) is 1. The van der Waals surface area contributed by atoms with E-state index in [0.29, 0.717) is 36.5 Å². The Morgan fingerprint density at radius 1 is 1.17 bits per heavy atom. The molecule has 1 fully saturated rings. The minimum Gasteiger partial charge on any atom is -0.497 e. The fourth-order valence-electron chi connectivity index (χ4n) is 4.35. The summed E-state index contributed by atoms with van der Waals surface area (Å²) in [5.41, 5.74) is 4.04. The maximum Gasteiger partial charge on any atom is 0.248 e. The Morgan fingerprint density at radius 3 is 2.75 bits per heavy atom. The molecule has 1 saturated heterocycles. The fourth-order valence-corrected chi connectivity index (χ4v) is 6.13. The number of sulfonamides is 1. The van der Waals surface area contributed by atoms with Crippen LogP contribution in [0, 0.1) is 26.7 Å². The molecule has 0 aliphatic carbocycles. The number of nitrogens with one attached hydrogen (secondary N) is 1. The molecule has 190 valence electrons. The first-order valence-electron chi connectivity index (χ1n) is 11.9. The van der Waals surface area contributed by atoms with Crippen LogP contribution < -0.4 is 10.1 Å². The third-order valence-corrected chi connectivity index (χ3v) is 8.40. The maximum atomic E-state index is 13.7. The number of aryl methyl sites for hydroxylation is 3. The Bertz CT molecular complexity index is 1390. The number of piperidine rings is 1. The summed E-state index contributed by atoms with van der Waals surface area (Å²) in [5.74, 6) is 0.107. The van der Waals surface area contributed by atoms with E-state index in [1.165, 1.54) is 4.31 Å². The summed E-state index contributed by atoms with van der Waals surface area (Å²) in [4.78, 5) is 13.0. The number of anilines is 1. The topological polar surface area (TPSA) is 102 Å². The highest BCUT2D eigenvalue weighted by Crippen LogP contribution is 2.30. The Labute approximate surface area is 212 Å². The van der Waals surface area contributed by atoms with E-state index in [2.05, 4.69) is 10.5 Å². The van der Waals surface area contributed by atoms with Crippen molar-refractivity contribution in [2.24, 2.45) is 5.92 Å². The number of benzene rings is 2. The minimum absolute atomic E-state index is 0.0397. The highest BCUT2D eigenvalue weighted by molar-refractivity contribution is 7.89. The summed E-state index contributed by atoms with van der Waals surface area (Å²) in [7, 11) is -2.37. The third kappa shape index (κ3) is 5.52. The van der Waals surface area contributed by atoms with Gasteiger partial charge >= 0.3 is 0 Å². The molecule has 2 aromatic carbocycles. The Balaban J connectivity index is 1.54. The quantitative estimate of drug-likeness (QED) is 0.490. The van der Waals surface area contributed by atoms with Gasteiger partial charge in [-0.05, 0) is 62.9 Å². The van der Waals surface area contributed by atoms with Crippen LogP contribution in [0.5, 0.6) is 5.75 Å². The molecule has 0 radical (unpaired) electrons. The summed E-state index contributed by atoms with van der Waals surface area (Å²) in [6.45, 7) is 6.02. The van der Waals surface area contributed by atoms with Gasteiger partial charge in [-0.2, -0.15) is 4.31 Å². The van der Waals surface area contributed by atoms with Crippen molar-refractivity contribution < 1.29 is 22.5 Å². The van der Waals surface area contributed by atoms with Crippen LogP contribution in [0.4, 0.5) is 5.69 Å². The van der Waals surface area contributed by atoms with Crippen molar-refractivity contribution in [3.8, 4) is 5.75 Å². The molecular formula is C27H31N3O5S. The first kappa shape index (κ1) is 25.7. The second kappa shape index (κ2) is 10.7. The van der Waals surface area contributed by atoms with Crippen molar-refractivity contribution in [2.75, 3.05) is 25.5 Å². The Hall–Kier alpha value is -3.43. The van der Waals surface area contributed by atoms with E-state index < -0.39 is 15.9 Å². The van der Waals surface area contributed by atoms with Crippen molar-refractivity contribution in [3.05, 3.63) is 70.6 Å². The van der Waals surface area contributed by atoms with Gasteiger partial charge in [-0.15, -0.1) is 0 Å². The van der Waals surface area contributed by atoms with Crippen molar-refractivity contribution in [1.29, 1.82) is 0 Å². The minimum atomic E-state index is -3.93. The monoisotopic (exact) mass is 509 g/mol. The van der Waals surface area contributed by atoms with Gasteiger partial charge in [0.2, 0.25) is 15.9 Å². The van der Waals surface area contributed by atoms with E-state index >= 15 is 0 Å². The molecule has 1 aliphatic heterocycles. The number of amides is 1. The van der Waals surface area contributed by atoms with Gasteiger partial charge in [-0.1, -0.05) is 41.1 Å².